The van der Waals surface area contributed by atoms with Crippen molar-refractivity contribution in [3.05, 3.63) is 47.7 Å². The lowest BCUT2D eigenvalue weighted by Crippen LogP contribution is -2.38. The summed E-state index contributed by atoms with van der Waals surface area (Å²) < 4.78 is 0. The van der Waals surface area contributed by atoms with Crippen molar-refractivity contribution in [3.63, 3.8) is 0 Å². The number of likely N-dealkylation sites (tertiary alicyclic amines) is 1. The van der Waals surface area contributed by atoms with Crippen LogP contribution in [0.3, 0.4) is 0 Å². The van der Waals surface area contributed by atoms with Gasteiger partial charge >= 0.3 is 0 Å². The lowest BCUT2D eigenvalue weighted by Gasteiger charge is -2.33. The number of rotatable bonds is 10. The van der Waals surface area contributed by atoms with Gasteiger partial charge in [0, 0.05) is 37.9 Å². The van der Waals surface area contributed by atoms with Crippen LogP contribution in [0.25, 0.3) is 0 Å². The van der Waals surface area contributed by atoms with Crippen molar-refractivity contribution < 1.29 is 4.79 Å². The Labute approximate surface area is 197 Å². The first-order valence-electron chi connectivity index (χ1n) is 12.6. The van der Waals surface area contributed by atoms with E-state index in [0.29, 0.717) is 36.0 Å². The van der Waals surface area contributed by atoms with E-state index < -0.39 is 0 Å². The third-order valence-electron chi connectivity index (χ3n) is 6.87. The maximum absolute atomic E-state index is 12.9. The maximum atomic E-state index is 12.9. The van der Waals surface area contributed by atoms with Crippen molar-refractivity contribution in [2.45, 2.75) is 76.9 Å². The predicted octanol–water partition coefficient (Wildman–Crippen LogP) is 4.44. The molecule has 1 saturated heterocycles. The average Bonchev–Trinajstić information content (AvgIpc) is 3.35. The number of anilines is 2. The Balaban J connectivity index is 1.35. The van der Waals surface area contributed by atoms with E-state index in [-0.39, 0.29) is 5.91 Å². The van der Waals surface area contributed by atoms with Crippen LogP contribution in [-0.4, -0.2) is 52.5 Å². The van der Waals surface area contributed by atoms with Crippen molar-refractivity contribution in [2.24, 2.45) is 0 Å². The minimum Gasteiger partial charge on any atom is -0.367 e. The molecule has 4 rings (SSSR count). The molecule has 1 amide bonds. The highest BCUT2D eigenvalue weighted by Crippen LogP contribution is 2.24. The Hall–Kier alpha value is -2.67. The van der Waals surface area contributed by atoms with E-state index >= 15 is 0 Å². The third-order valence-corrected chi connectivity index (χ3v) is 6.87. The monoisotopic (exact) mass is 450 g/mol. The van der Waals surface area contributed by atoms with Gasteiger partial charge in [-0.2, -0.15) is 4.98 Å². The second kappa shape index (κ2) is 12.0. The lowest BCUT2D eigenvalue weighted by molar-refractivity contribution is 0.0951. The van der Waals surface area contributed by atoms with Gasteiger partial charge in [-0.1, -0.05) is 49.6 Å². The second-order valence-corrected chi connectivity index (χ2v) is 9.41. The van der Waals surface area contributed by atoms with Gasteiger partial charge in [-0.15, -0.1) is 0 Å². The minimum atomic E-state index is -0.148. The van der Waals surface area contributed by atoms with Crippen molar-refractivity contribution in [3.8, 4) is 0 Å². The van der Waals surface area contributed by atoms with E-state index in [9.17, 15) is 4.79 Å². The van der Waals surface area contributed by atoms with Gasteiger partial charge in [-0.05, 0) is 51.1 Å². The summed E-state index contributed by atoms with van der Waals surface area (Å²) in [4.78, 5) is 24.7. The van der Waals surface area contributed by atoms with Gasteiger partial charge in [0.2, 0.25) is 5.95 Å². The fraction of sp³-hybridized carbons (Fsp3) is 0.577. The fourth-order valence-electron chi connectivity index (χ4n) is 4.85. The first kappa shape index (κ1) is 23.5. The zero-order chi connectivity index (χ0) is 22.9. The standard InChI is InChI=1S/C26H38N6O/c1-20-10-7-8-16-32(20)17-9-15-27-26-29-19-23(24(31-26)30-22-13-5-6-14-22)25(33)28-18-21-11-3-2-4-12-21/h2-4,11-12,19-20,22H,5-10,13-18H2,1H3,(H,28,33)(H2,27,29,30,31). The Morgan fingerprint density at radius 1 is 1.09 bits per heavy atom. The molecule has 1 unspecified atom stereocenters. The fourth-order valence-corrected chi connectivity index (χ4v) is 4.85. The molecular formula is C26H38N6O. The molecule has 2 heterocycles. The molecule has 7 heteroatoms. The highest BCUT2D eigenvalue weighted by atomic mass is 16.1. The Kier molecular flexibility index (Phi) is 8.53. The van der Waals surface area contributed by atoms with Crippen LogP contribution in [0.4, 0.5) is 11.8 Å². The van der Waals surface area contributed by atoms with Crippen LogP contribution in [0.2, 0.25) is 0 Å². The van der Waals surface area contributed by atoms with Gasteiger partial charge in [-0.25, -0.2) is 4.98 Å². The van der Waals surface area contributed by atoms with E-state index in [2.05, 4.69) is 32.8 Å². The van der Waals surface area contributed by atoms with Gasteiger partial charge in [0.15, 0.2) is 0 Å². The summed E-state index contributed by atoms with van der Waals surface area (Å²) in [5, 5.41) is 9.89. The van der Waals surface area contributed by atoms with Crippen molar-refractivity contribution >= 4 is 17.7 Å². The molecule has 2 aliphatic rings. The van der Waals surface area contributed by atoms with E-state index in [1.807, 2.05) is 30.3 Å². The van der Waals surface area contributed by atoms with Gasteiger partial charge in [0.25, 0.3) is 5.91 Å². The molecule has 2 fully saturated rings. The van der Waals surface area contributed by atoms with Crippen LogP contribution >= 0.6 is 0 Å². The van der Waals surface area contributed by atoms with E-state index in [1.165, 1.54) is 38.6 Å². The summed E-state index contributed by atoms with van der Waals surface area (Å²) in [5.74, 6) is 1.07. The number of amides is 1. The smallest absolute Gasteiger partial charge is 0.256 e. The minimum absolute atomic E-state index is 0.148. The summed E-state index contributed by atoms with van der Waals surface area (Å²) >= 11 is 0. The third kappa shape index (κ3) is 6.90. The molecule has 33 heavy (non-hydrogen) atoms. The van der Waals surface area contributed by atoms with E-state index in [1.54, 1.807) is 6.20 Å². The lowest BCUT2D eigenvalue weighted by atomic mass is 10.0. The Morgan fingerprint density at radius 2 is 1.88 bits per heavy atom. The highest BCUT2D eigenvalue weighted by Gasteiger charge is 2.21. The zero-order valence-corrected chi connectivity index (χ0v) is 19.9. The molecular weight excluding hydrogens is 412 g/mol. The molecule has 178 valence electrons. The summed E-state index contributed by atoms with van der Waals surface area (Å²) in [6.07, 6.45) is 11.4. The topological polar surface area (TPSA) is 82.2 Å². The molecule has 1 aliphatic carbocycles. The first-order valence-corrected chi connectivity index (χ1v) is 12.6. The van der Waals surface area contributed by atoms with E-state index in [0.717, 1.165) is 37.9 Å². The quantitative estimate of drug-likeness (QED) is 0.464. The SMILES string of the molecule is CC1CCCCN1CCCNc1ncc(C(=O)NCc2ccccc2)c(NC2CCCC2)n1. The molecule has 2 aromatic rings. The molecule has 0 radical (unpaired) electrons. The summed E-state index contributed by atoms with van der Waals surface area (Å²) in [7, 11) is 0. The summed E-state index contributed by atoms with van der Waals surface area (Å²) in [6.45, 7) is 5.95. The van der Waals surface area contributed by atoms with Gasteiger partial charge in [-0.3, -0.25) is 4.79 Å². The molecule has 7 nitrogen and oxygen atoms in total. The van der Waals surface area contributed by atoms with Crippen LogP contribution in [0.5, 0.6) is 0 Å². The number of nitrogens with zero attached hydrogens (tertiary/aromatic N) is 3. The number of carbonyl (C=O) groups excluding carboxylic acids is 1. The summed E-state index contributed by atoms with van der Waals surface area (Å²) in [5.41, 5.74) is 1.57. The molecule has 1 aromatic heterocycles. The van der Waals surface area contributed by atoms with Crippen molar-refractivity contribution in [1.82, 2.24) is 20.2 Å². The number of piperidine rings is 1. The number of carbonyl (C=O) groups is 1. The first-order chi connectivity index (χ1) is 16.2. The van der Waals surface area contributed by atoms with Crippen LogP contribution in [0.15, 0.2) is 36.5 Å². The van der Waals surface area contributed by atoms with Gasteiger partial charge in [0.05, 0.1) is 0 Å². The molecule has 1 aliphatic heterocycles. The maximum Gasteiger partial charge on any atom is 0.256 e. The Morgan fingerprint density at radius 3 is 2.67 bits per heavy atom. The van der Waals surface area contributed by atoms with Crippen molar-refractivity contribution in [1.29, 1.82) is 0 Å². The van der Waals surface area contributed by atoms with Gasteiger partial charge in [0.1, 0.15) is 11.4 Å². The van der Waals surface area contributed by atoms with Gasteiger partial charge < -0.3 is 20.9 Å². The molecule has 3 N–H and O–H groups in total. The molecule has 1 saturated carbocycles. The normalized spacial score (nSPS) is 19.4. The second-order valence-electron chi connectivity index (χ2n) is 9.41. The van der Waals surface area contributed by atoms with Crippen molar-refractivity contribution in [2.75, 3.05) is 30.3 Å². The van der Waals surface area contributed by atoms with E-state index in [4.69, 9.17) is 4.98 Å². The number of nitrogens with one attached hydrogen (secondary N) is 3. The summed E-state index contributed by atoms with van der Waals surface area (Å²) in [6, 6.07) is 11.0. The molecule has 1 aromatic carbocycles. The number of aromatic nitrogens is 2. The largest absolute Gasteiger partial charge is 0.367 e. The molecule has 0 spiro atoms. The molecule has 0 bridgehead atoms. The number of hydrogen-bond acceptors (Lipinski definition) is 6. The highest BCUT2D eigenvalue weighted by molar-refractivity contribution is 5.98. The predicted molar refractivity (Wildman–Crippen MR) is 134 cm³/mol. The van der Waals surface area contributed by atoms with Crippen LogP contribution in [0, 0.1) is 0 Å². The molecule has 1 atom stereocenters. The van der Waals surface area contributed by atoms with Crippen LogP contribution in [0.1, 0.15) is 74.2 Å². The Bertz CT molecular complexity index is 884. The number of hydrogen-bond donors (Lipinski definition) is 3. The average molecular weight is 451 g/mol. The van der Waals surface area contributed by atoms with Crippen LogP contribution in [-0.2, 0) is 6.54 Å². The number of benzene rings is 1. The van der Waals surface area contributed by atoms with Crippen LogP contribution < -0.4 is 16.0 Å². The zero-order valence-electron chi connectivity index (χ0n) is 19.9.